The van der Waals surface area contributed by atoms with E-state index in [4.69, 9.17) is 16.0 Å². The molecule has 0 spiro atoms. The van der Waals surface area contributed by atoms with Crippen molar-refractivity contribution >= 4 is 22.4 Å². The van der Waals surface area contributed by atoms with E-state index in [2.05, 4.69) is 22.0 Å². The van der Waals surface area contributed by atoms with Gasteiger partial charge in [-0.05, 0) is 42.5 Å². The fourth-order valence-electron chi connectivity index (χ4n) is 3.60. The van der Waals surface area contributed by atoms with Crippen molar-refractivity contribution in [3.05, 3.63) is 88.8 Å². The highest BCUT2D eigenvalue weighted by Gasteiger charge is 2.27. The van der Waals surface area contributed by atoms with Gasteiger partial charge in [0.25, 0.3) is 0 Å². The Morgan fingerprint density at radius 1 is 1.16 bits per heavy atom. The number of nitrogens with zero attached hydrogens (tertiary/aromatic N) is 1. The standard InChI is InChI=1S/C20H14ClFN2O/c21-16-3-1-4-17-15(16)10-23-19(18-5-2-8-24(17)18)20-14-7-6-13(22)9-12(14)11-25-20/h1-9,11,19,23H,10H2. The zero-order valence-corrected chi connectivity index (χ0v) is 13.9. The molecule has 0 amide bonds. The lowest BCUT2D eigenvalue weighted by Crippen LogP contribution is -2.21. The summed E-state index contributed by atoms with van der Waals surface area (Å²) >= 11 is 6.41. The number of hydrogen-bond acceptors (Lipinski definition) is 2. The van der Waals surface area contributed by atoms with E-state index in [1.807, 2.05) is 24.4 Å². The van der Waals surface area contributed by atoms with Crippen LogP contribution in [0.5, 0.6) is 0 Å². The Bertz CT molecular complexity index is 1100. The molecule has 4 aromatic rings. The molecular formula is C20H14ClFN2O. The molecule has 0 saturated heterocycles. The molecule has 1 unspecified atom stereocenters. The van der Waals surface area contributed by atoms with Gasteiger partial charge in [0.05, 0.1) is 12.0 Å². The highest BCUT2D eigenvalue weighted by atomic mass is 35.5. The van der Waals surface area contributed by atoms with Crippen molar-refractivity contribution in [2.75, 3.05) is 0 Å². The van der Waals surface area contributed by atoms with Crippen LogP contribution in [-0.2, 0) is 6.54 Å². The number of halogens is 2. The van der Waals surface area contributed by atoms with E-state index in [0.717, 1.165) is 38.5 Å². The van der Waals surface area contributed by atoms with Crippen LogP contribution in [0.3, 0.4) is 0 Å². The van der Waals surface area contributed by atoms with Crippen molar-refractivity contribution < 1.29 is 8.81 Å². The molecule has 0 aliphatic carbocycles. The van der Waals surface area contributed by atoms with Crippen molar-refractivity contribution in [1.82, 2.24) is 9.88 Å². The van der Waals surface area contributed by atoms with Gasteiger partial charge in [-0.15, -0.1) is 0 Å². The summed E-state index contributed by atoms with van der Waals surface area (Å²) in [4.78, 5) is 0. The van der Waals surface area contributed by atoms with Crippen LogP contribution in [-0.4, -0.2) is 4.57 Å². The Morgan fingerprint density at radius 2 is 2.08 bits per heavy atom. The highest BCUT2D eigenvalue weighted by molar-refractivity contribution is 6.31. The van der Waals surface area contributed by atoms with Crippen molar-refractivity contribution in [3.8, 4) is 5.69 Å². The van der Waals surface area contributed by atoms with Gasteiger partial charge in [-0.3, -0.25) is 5.32 Å². The number of benzene rings is 2. The Kier molecular flexibility index (Phi) is 3.23. The molecule has 124 valence electrons. The second-order valence-electron chi connectivity index (χ2n) is 6.19. The van der Waals surface area contributed by atoms with E-state index >= 15 is 0 Å². The number of rotatable bonds is 1. The van der Waals surface area contributed by atoms with Gasteiger partial charge in [-0.1, -0.05) is 17.7 Å². The summed E-state index contributed by atoms with van der Waals surface area (Å²) in [5, 5.41) is 5.94. The molecule has 1 aliphatic heterocycles. The molecule has 2 aromatic heterocycles. The first-order valence-corrected chi connectivity index (χ1v) is 8.45. The van der Waals surface area contributed by atoms with Crippen LogP contribution in [0.1, 0.15) is 23.1 Å². The molecule has 3 heterocycles. The Morgan fingerprint density at radius 3 is 3.00 bits per heavy atom. The van der Waals surface area contributed by atoms with Crippen molar-refractivity contribution in [1.29, 1.82) is 0 Å². The average molecular weight is 353 g/mol. The van der Waals surface area contributed by atoms with E-state index in [1.54, 1.807) is 12.3 Å². The molecule has 1 aliphatic rings. The maximum atomic E-state index is 13.5. The van der Waals surface area contributed by atoms with Gasteiger partial charge < -0.3 is 8.98 Å². The second-order valence-corrected chi connectivity index (χ2v) is 6.59. The SMILES string of the molecule is Fc1ccc2c(C3NCc4c(Cl)cccc4-n4cccc43)occ2c1. The van der Waals surface area contributed by atoms with Gasteiger partial charge in [-0.2, -0.15) is 0 Å². The Hall–Kier alpha value is -2.56. The molecule has 5 rings (SSSR count). The van der Waals surface area contributed by atoms with Crippen molar-refractivity contribution in [2.45, 2.75) is 12.6 Å². The minimum absolute atomic E-state index is 0.151. The topological polar surface area (TPSA) is 30.1 Å². The number of nitrogens with one attached hydrogen (secondary N) is 1. The van der Waals surface area contributed by atoms with Crippen molar-refractivity contribution in [3.63, 3.8) is 0 Å². The monoisotopic (exact) mass is 352 g/mol. The average Bonchev–Trinajstić information content (AvgIpc) is 3.21. The van der Waals surface area contributed by atoms with Crippen LogP contribution in [0.4, 0.5) is 4.39 Å². The highest BCUT2D eigenvalue weighted by Crippen LogP contribution is 2.36. The normalized spacial score (nSPS) is 16.5. The molecule has 2 aromatic carbocycles. The zero-order chi connectivity index (χ0) is 17.0. The summed E-state index contributed by atoms with van der Waals surface area (Å²) < 4.78 is 21.5. The van der Waals surface area contributed by atoms with Gasteiger partial charge in [-0.25, -0.2) is 4.39 Å². The first kappa shape index (κ1) is 14.8. The predicted octanol–water partition coefficient (Wildman–Crippen LogP) is 5.21. The summed E-state index contributed by atoms with van der Waals surface area (Å²) in [6.45, 7) is 0.616. The lowest BCUT2D eigenvalue weighted by molar-refractivity contribution is 0.448. The Labute approximate surface area is 148 Å². The van der Waals surface area contributed by atoms with Gasteiger partial charge >= 0.3 is 0 Å². The maximum Gasteiger partial charge on any atom is 0.134 e. The third kappa shape index (κ3) is 2.22. The first-order chi connectivity index (χ1) is 12.2. The van der Waals surface area contributed by atoms with Crippen LogP contribution in [0.25, 0.3) is 16.5 Å². The first-order valence-electron chi connectivity index (χ1n) is 8.07. The number of hydrogen-bond donors (Lipinski definition) is 1. The minimum atomic E-state index is -0.267. The van der Waals surface area contributed by atoms with Gasteiger partial charge in [0.15, 0.2) is 0 Å². The lowest BCUT2D eigenvalue weighted by Gasteiger charge is -2.15. The fourth-order valence-corrected chi connectivity index (χ4v) is 3.84. The third-order valence-corrected chi connectivity index (χ3v) is 5.12. The summed E-state index contributed by atoms with van der Waals surface area (Å²) in [5.41, 5.74) is 3.16. The van der Waals surface area contributed by atoms with Crippen LogP contribution in [0.15, 0.2) is 65.4 Å². The summed E-state index contributed by atoms with van der Waals surface area (Å²) in [6.07, 6.45) is 3.63. The molecule has 0 radical (unpaired) electrons. The smallest absolute Gasteiger partial charge is 0.134 e. The lowest BCUT2D eigenvalue weighted by atomic mass is 10.1. The van der Waals surface area contributed by atoms with Gasteiger partial charge in [0, 0.05) is 39.8 Å². The second kappa shape index (κ2) is 5.48. The quantitative estimate of drug-likeness (QED) is 0.509. The molecule has 25 heavy (non-hydrogen) atoms. The van der Waals surface area contributed by atoms with Crippen LogP contribution in [0, 0.1) is 5.82 Å². The molecule has 5 heteroatoms. The predicted molar refractivity (Wildman–Crippen MR) is 95.6 cm³/mol. The molecule has 1 atom stereocenters. The van der Waals surface area contributed by atoms with E-state index in [1.165, 1.54) is 12.1 Å². The minimum Gasteiger partial charge on any atom is -0.466 e. The molecule has 1 N–H and O–H groups in total. The number of furan rings is 1. The fraction of sp³-hybridized carbons (Fsp3) is 0.100. The molecule has 3 nitrogen and oxygen atoms in total. The summed E-state index contributed by atoms with van der Waals surface area (Å²) in [6, 6.07) is 14.5. The van der Waals surface area contributed by atoms with Crippen LogP contribution < -0.4 is 5.32 Å². The van der Waals surface area contributed by atoms with Gasteiger partial charge in [0.2, 0.25) is 0 Å². The third-order valence-electron chi connectivity index (χ3n) is 4.77. The molecule has 0 bridgehead atoms. The number of aromatic nitrogens is 1. The largest absolute Gasteiger partial charge is 0.466 e. The van der Waals surface area contributed by atoms with Crippen LogP contribution in [0.2, 0.25) is 5.02 Å². The van der Waals surface area contributed by atoms with E-state index in [9.17, 15) is 4.39 Å². The number of fused-ring (bicyclic) bond motifs is 4. The summed E-state index contributed by atoms with van der Waals surface area (Å²) in [5.74, 6) is 0.509. The van der Waals surface area contributed by atoms with Crippen molar-refractivity contribution in [2.24, 2.45) is 0 Å². The van der Waals surface area contributed by atoms with Gasteiger partial charge in [0.1, 0.15) is 17.6 Å². The van der Waals surface area contributed by atoms with E-state index in [-0.39, 0.29) is 11.9 Å². The van der Waals surface area contributed by atoms with E-state index < -0.39 is 0 Å². The molecule has 0 fully saturated rings. The van der Waals surface area contributed by atoms with E-state index in [0.29, 0.717) is 6.54 Å². The van der Waals surface area contributed by atoms with Crippen LogP contribution >= 0.6 is 11.6 Å². The zero-order valence-electron chi connectivity index (χ0n) is 13.2. The molecule has 0 saturated carbocycles. The Balaban J connectivity index is 1.71. The summed E-state index contributed by atoms with van der Waals surface area (Å²) in [7, 11) is 0. The molecular weight excluding hydrogens is 339 g/mol. The maximum absolute atomic E-state index is 13.5.